The third-order valence-corrected chi connectivity index (χ3v) is 3.50. The maximum atomic E-state index is 8.27. The Morgan fingerprint density at radius 3 is 2.84 bits per heavy atom. The second kappa shape index (κ2) is 5.05. The van der Waals surface area contributed by atoms with Crippen LogP contribution in [0.1, 0.15) is 24.8 Å². The molecule has 3 rings (SSSR count). The number of nitrogens with one attached hydrogen (secondary N) is 2. The molecule has 4 N–H and O–H groups in total. The Labute approximate surface area is 113 Å². The van der Waals surface area contributed by atoms with Gasteiger partial charge in [-0.15, -0.1) is 0 Å². The number of nitrogen functional groups attached to an aromatic ring is 1. The quantitative estimate of drug-likeness (QED) is 0.571. The molecule has 1 aliphatic carbocycles. The maximum absolute atomic E-state index is 8.27. The van der Waals surface area contributed by atoms with Gasteiger partial charge in [0.15, 0.2) is 0 Å². The molecule has 19 heavy (non-hydrogen) atoms. The Morgan fingerprint density at radius 2 is 2.21 bits per heavy atom. The molecule has 0 aromatic heterocycles. The Morgan fingerprint density at radius 1 is 1.37 bits per heavy atom. The van der Waals surface area contributed by atoms with E-state index in [4.69, 9.17) is 15.9 Å². The van der Waals surface area contributed by atoms with E-state index < -0.39 is 0 Å². The molecular formula is C15H19N3O. The number of nitrogens with two attached hydrogens (primary N) is 1. The highest BCUT2D eigenvalue weighted by Gasteiger charge is 2.23. The fourth-order valence-corrected chi connectivity index (χ4v) is 2.24. The molecule has 4 nitrogen and oxygen atoms in total. The van der Waals surface area contributed by atoms with Crippen LogP contribution in [0.15, 0.2) is 29.8 Å². The third-order valence-electron chi connectivity index (χ3n) is 3.50. The highest BCUT2D eigenvalue weighted by atomic mass is 16.5. The lowest BCUT2D eigenvalue weighted by Crippen LogP contribution is -2.23. The molecule has 4 heteroatoms. The lowest BCUT2D eigenvalue weighted by atomic mass is 9.96. The van der Waals surface area contributed by atoms with Crippen LogP contribution >= 0.6 is 0 Å². The molecule has 0 saturated heterocycles. The highest BCUT2D eigenvalue weighted by Crippen LogP contribution is 2.29. The first-order valence-corrected chi connectivity index (χ1v) is 6.79. The SMILES string of the molecule is N=C(C1=CCNCC1)c1ccc(OC2CC2)cc1N. The summed E-state index contributed by atoms with van der Waals surface area (Å²) in [6.07, 6.45) is 5.60. The zero-order chi connectivity index (χ0) is 13.2. The summed E-state index contributed by atoms with van der Waals surface area (Å²) < 4.78 is 5.71. The summed E-state index contributed by atoms with van der Waals surface area (Å²) >= 11 is 0. The summed E-state index contributed by atoms with van der Waals surface area (Å²) in [4.78, 5) is 0. The van der Waals surface area contributed by atoms with Gasteiger partial charge in [0, 0.05) is 23.9 Å². The Kier molecular flexibility index (Phi) is 3.25. The van der Waals surface area contributed by atoms with Crippen molar-refractivity contribution in [1.82, 2.24) is 5.32 Å². The van der Waals surface area contributed by atoms with Crippen molar-refractivity contribution in [3.8, 4) is 5.75 Å². The number of hydrogen-bond donors (Lipinski definition) is 3. The molecule has 0 atom stereocenters. The van der Waals surface area contributed by atoms with Gasteiger partial charge in [0.05, 0.1) is 11.8 Å². The average Bonchev–Trinajstić information content (AvgIpc) is 3.23. The second-order valence-electron chi connectivity index (χ2n) is 5.12. The molecule has 1 saturated carbocycles. The van der Waals surface area contributed by atoms with E-state index in [9.17, 15) is 0 Å². The van der Waals surface area contributed by atoms with E-state index in [1.807, 2.05) is 18.2 Å². The van der Waals surface area contributed by atoms with Gasteiger partial charge in [-0.05, 0) is 43.5 Å². The first-order chi connectivity index (χ1) is 9.24. The summed E-state index contributed by atoms with van der Waals surface area (Å²) in [5.74, 6) is 0.816. The summed E-state index contributed by atoms with van der Waals surface area (Å²) in [5.41, 5.74) is 9.10. The molecule has 1 aromatic rings. The molecule has 0 unspecified atom stereocenters. The van der Waals surface area contributed by atoms with Gasteiger partial charge >= 0.3 is 0 Å². The smallest absolute Gasteiger partial charge is 0.121 e. The van der Waals surface area contributed by atoms with Gasteiger partial charge in [-0.1, -0.05) is 6.08 Å². The fraction of sp³-hybridized carbons (Fsp3) is 0.400. The van der Waals surface area contributed by atoms with Crippen LogP contribution in [-0.4, -0.2) is 24.9 Å². The van der Waals surface area contributed by atoms with Gasteiger partial charge in [-0.25, -0.2) is 0 Å². The second-order valence-corrected chi connectivity index (χ2v) is 5.12. The minimum Gasteiger partial charge on any atom is -0.490 e. The third kappa shape index (κ3) is 2.79. The van der Waals surface area contributed by atoms with Crippen LogP contribution < -0.4 is 15.8 Å². The normalized spacial score (nSPS) is 18.8. The molecule has 0 spiro atoms. The van der Waals surface area contributed by atoms with Crippen LogP contribution in [-0.2, 0) is 0 Å². The van der Waals surface area contributed by atoms with Crippen molar-refractivity contribution in [3.63, 3.8) is 0 Å². The number of rotatable bonds is 4. The van der Waals surface area contributed by atoms with Crippen LogP contribution in [0.25, 0.3) is 0 Å². The zero-order valence-corrected chi connectivity index (χ0v) is 10.9. The summed E-state index contributed by atoms with van der Waals surface area (Å²) in [6.45, 7) is 1.76. The van der Waals surface area contributed by atoms with E-state index in [-0.39, 0.29) is 0 Å². The van der Waals surface area contributed by atoms with Crippen LogP contribution in [0.2, 0.25) is 0 Å². The molecular weight excluding hydrogens is 238 g/mol. The summed E-state index contributed by atoms with van der Waals surface area (Å²) in [7, 11) is 0. The average molecular weight is 257 g/mol. The first-order valence-electron chi connectivity index (χ1n) is 6.79. The lowest BCUT2D eigenvalue weighted by molar-refractivity contribution is 0.303. The van der Waals surface area contributed by atoms with Crippen molar-refractivity contribution in [2.75, 3.05) is 18.8 Å². The largest absolute Gasteiger partial charge is 0.490 e. The van der Waals surface area contributed by atoms with Crippen molar-refractivity contribution < 1.29 is 4.74 Å². The van der Waals surface area contributed by atoms with Gasteiger partial charge in [0.25, 0.3) is 0 Å². The number of ether oxygens (including phenoxy) is 1. The Bertz CT molecular complexity index is 532. The molecule has 1 aliphatic heterocycles. The van der Waals surface area contributed by atoms with Crippen molar-refractivity contribution in [1.29, 1.82) is 5.41 Å². The molecule has 1 aromatic carbocycles. The predicted molar refractivity (Wildman–Crippen MR) is 76.9 cm³/mol. The van der Waals surface area contributed by atoms with Crippen LogP contribution in [0.4, 0.5) is 5.69 Å². The van der Waals surface area contributed by atoms with Crippen molar-refractivity contribution in [3.05, 3.63) is 35.4 Å². The molecule has 1 fully saturated rings. The highest BCUT2D eigenvalue weighted by molar-refractivity contribution is 6.13. The Hall–Kier alpha value is -1.81. The van der Waals surface area contributed by atoms with E-state index in [1.54, 1.807) is 0 Å². The zero-order valence-electron chi connectivity index (χ0n) is 10.9. The molecule has 0 radical (unpaired) electrons. The van der Waals surface area contributed by atoms with E-state index in [0.717, 1.165) is 49.2 Å². The van der Waals surface area contributed by atoms with Crippen molar-refractivity contribution >= 4 is 11.4 Å². The van der Waals surface area contributed by atoms with Crippen LogP contribution in [0.3, 0.4) is 0 Å². The van der Waals surface area contributed by atoms with E-state index in [1.165, 1.54) is 0 Å². The summed E-state index contributed by atoms with van der Waals surface area (Å²) in [6, 6.07) is 5.66. The maximum Gasteiger partial charge on any atom is 0.121 e. The Balaban J connectivity index is 1.79. The van der Waals surface area contributed by atoms with Crippen LogP contribution in [0.5, 0.6) is 5.75 Å². The molecule has 0 bridgehead atoms. The predicted octanol–water partition coefficient (Wildman–Crippen LogP) is 2.10. The van der Waals surface area contributed by atoms with Gasteiger partial charge < -0.3 is 15.8 Å². The number of benzene rings is 1. The molecule has 100 valence electrons. The van der Waals surface area contributed by atoms with E-state index >= 15 is 0 Å². The minimum atomic E-state index is 0.372. The van der Waals surface area contributed by atoms with Gasteiger partial charge in [-0.2, -0.15) is 0 Å². The fourth-order valence-electron chi connectivity index (χ4n) is 2.24. The first kappa shape index (κ1) is 12.2. The standard InChI is InChI=1S/C15H19N3O/c16-14-9-12(19-11-1-2-11)3-4-13(14)15(17)10-5-7-18-8-6-10/h3-5,9,11,17-18H,1-2,6-8,16H2. The molecule has 0 amide bonds. The molecule has 1 heterocycles. The van der Waals surface area contributed by atoms with Crippen LogP contribution in [0, 0.1) is 5.41 Å². The molecule has 2 aliphatic rings. The lowest BCUT2D eigenvalue weighted by Gasteiger charge is -2.16. The van der Waals surface area contributed by atoms with Crippen molar-refractivity contribution in [2.24, 2.45) is 0 Å². The van der Waals surface area contributed by atoms with Crippen molar-refractivity contribution in [2.45, 2.75) is 25.4 Å². The summed E-state index contributed by atoms with van der Waals surface area (Å²) in [5, 5.41) is 11.5. The van der Waals surface area contributed by atoms with Gasteiger partial charge in [-0.3, -0.25) is 5.41 Å². The minimum absolute atomic E-state index is 0.372. The number of hydrogen-bond acceptors (Lipinski definition) is 4. The monoisotopic (exact) mass is 257 g/mol. The number of anilines is 1. The van der Waals surface area contributed by atoms with E-state index in [2.05, 4.69) is 11.4 Å². The topological polar surface area (TPSA) is 71.1 Å². The van der Waals surface area contributed by atoms with Gasteiger partial charge in [0.1, 0.15) is 5.75 Å². The van der Waals surface area contributed by atoms with E-state index in [0.29, 0.717) is 17.5 Å². The van der Waals surface area contributed by atoms with Gasteiger partial charge in [0.2, 0.25) is 0 Å².